The van der Waals surface area contributed by atoms with Crippen LogP contribution in [0.5, 0.6) is 0 Å². The van der Waals surface area contributed by atoms with Crippen LogP contribution < -0.4 is 5.32 Å². The number of rotatable bonds is 5. The SMILES string of the molecule is CCCNC1CCCN(CC2CCCCC2O)C1=O. The largest absolute Gasteiger partial charge is 0.393 e. The van der Waals surface area contributed by atoms with E-state index < -0.39 is 0 Å². The van der Waals surface area contributed by atoms with Gasteiger partial charge in [-0.1, -0.05) is 19.8 Å². The summed E-state index contributed by atoms with van der Waals surface area (Å²) in [5.41, 5.74) is 0. The molecule has 3 unspecified atom stereocenters. The van der Waals surface area contributed by atoms with E-state index in [1.54, 1.807) is 0 Å². The average molecular weight is 268 g/mol. The van der Waals surface area contributed by atoms with Crippen LogP contribution in [0.2, 0.25) is 0 Å². The van der Waals surface area contributed by atoms with E-state index >= 15 is 0 Å². The monoisotopic (exact) mass is 268 g/mol. The van der Waals surface area contributed by atoms with Gasteiger partial charge in [0.1, 0.15) is 0 Å². The number of piperidine rings is 1. The van der Waals surface area contributed by atoms with Crippen LogP contribution >= 0.6 is 0 Å². The van der Waals surface area contributed by atoms with Gasteiger partial charge in [-0.15, -0.1) is 0 Å². The molecule has 1 aliphatic heterocycles. The Morgan fingerprint density at radius 1 is 1.26 bits per heavy atom. The van der Waals surface area contributed by atoms with Gasteiger partial charge in [0, 0.05) is 19.0 Å². The molecule has 1 amide bonds. The smallest absolute Gasteiger partial charge is 0.239 e. The van der Waals surface area contributed by atoms with Crippen LogP contribution in [-0.4, -0.2) is 47.7 Å². The van der Waals surface area contributed by atoms with Gasteiger partial charge in [0.05, 0.1) is 12.1 Å². The van der Waals surface area contributed by atoms with Gasteiger partial charge in [0.15, 0.2) is 0 Å². The number of hydrogen-bond donors (Lipinski definition) is 2. The van der Waals surface area contributed by atoms with Gasteiger partial charge in [-0.05, 0) is 38.6 Å². The minimum atomic E-state index is -0.203. The first-order chi connectivity index (χ1) is 9.22. The molecule has 1 saturated heterocycles. The number of aliphatic hydroxyl groups excluding tert-OH is 1. The second-order valence-electron chi connectivity index (χ2n) is 6.05. The van der Waals surface area contributed by atoms with Crippen LogP contribution in [0.3, 0.4) is 0 Å². The summed E-state index contributed by atoms with van der Waals surface area (Å²) in [5, 5.41) is 13.4. The standard InChI is InChI=1S/C15H28N2O2/c1-2-9-16-13-7-5-10-17(15(13)19)11-12-6-3-4-8-14(12)18/h12-14,16,18H,2-11H2,1H3. The van der Waals surface area contributed by atoms with Crippen LogP contribution in [0.15, 0.2) is 0 Å². The van der Waals surface area contributed by atoms with Gasteiger partial charge in [-0.2, -0.15) is 0 Å². The Morgan fingerprint density at radius 3 is 2.79 bits per heavy atom. The molecule has 0 aromatic carbocycles. The fraction of sp³-hybridized carbons (Fsp3) is 0.933. The van der Waals surface area contributed by atoms with Crippen molar-refractivity contribution in [2.45, 2.75) is 64.0 Å². The van der Waals surface area contributed by atoms with Crippen molar-refractivity contribution in [2.75, 3.05) is 19.6 Å². The quantitative estimate of drug-likeness (QED) is 0.795. The summed E-state index contributed by atoms with van der Waals surface area (Å²) in [6.45, 7) is 4.66. The lowest BCUT2D eigenvalue weighted by Gasteiger charge is -2.37. The fourth-order valence-corrected chi connectivity index (χ4v) is 3.31. The summed E-state index contributed by atoms with van der Waals surface area (Å²) in [5.74, 6) is 0.542. The van der Waals surface area contributed by atoms with E-state index in [4.69, 9.17) is 0 Å². The zero-order valence-electron chi connectivity index (χ0n) is 12.1. The van der Waals surface area contributed by atoms with Crippen molar-refractivity contribution in [3.63, 3.8) is 0 Å². The van der Waals surface area contributed by atoms with Crippen molar-refractivity contribution < 1.29 is 9.90 Å². The third-order valence-electron chi connectivity index (χ3n) is 4.50. The van der Waals surface area contributed by atoms with Crippen molar-refractivity contribution >= 4 is 5.91 Å². The lowest BCUT2D eigenvalue weighted by Crippen LogP contribution is -2.53. The Hall–Kier alpha value is -0.610. The molecule has 3 atom stereocenters. The van der Waals surface area contributed by atoms with Crippen LogP contribution in [0, 0.1) is 5.92 Å². The van der Waals surface area contributed by atoms with E-state index in [0.717, 1.165) is 58.2 Å². The number of hydrogen-bond acceptors (Lipinski definition) is 3. The van der Waals surface area contributed by atoms with Gasteiger partial charge >= 0.3 is 0 Å². The minimum absolute atomic E-state index is 0.00873. The first-order valence-electron chi connectivity index (χ1n) is 7.92. The molecule has 19 heavy (non-hydrogen) atoms. The Balaban J connectivity index is 1.86. The Labute approximate surface area is 116 Å². The van der Waals surface area contributed by atoms with Crippen molar-refractivity contribution in [1.29, 1.82) is 0 Å². The summed E-state index contributed by atoms with van der Waals surface area (Å²) < 4.78 is 0. The highest BCUT2D eigenvalue weighted by Gasteiger charge is 2.32. The minimum Gasteiger partial charge on any atom is -0.393 e. The van der Waals surface area contributed by atoms with Crippen LogP contribution in [0.4, 0.5) is 0 Å². The van der Waals surface area contributed by atoms with E-state index in [-0.39, 0.29) is 18.1 Å². The molecule has 4 nitrogen and oxygen atoms in total. The zero-order valence-corrected chi connectivity index (χ0v) is 12.1. The Bertz CT molecular complexity index is 296. The zero-order chi connectivity index (χ0) is 13.7. The lowest BCUT2D eigenvalue weighted by molar-refractivity contribution is -0.137. The van der Waals surface area contributed by atoms with Crippen molar-refractivity contribution in [3.05, 3.63) is 0 Å². The summed E-state index contributed by atoms with van der Waals surface area (Å²) in [6.07, 6.45) is 7.20. The van der Waals surface area contributed by atoms with Crippen molar-refractivity contribution in [1.82, 2.24) is 10.2 Å². The number of aliphatic hydroxyl groups is 1. The lowest BCUT2D eigenvalue weighted by atomic mass is 9.85. The van der Waals surface area contributed by atoms with Crippen LogP contribution in [0.25, 0.3) is 0 Å². The maximum absolute atomic E-state index is 12.4. The Morgan fingerprint density at radius 2 is 2.05 bits per heavy atom. The third kappa shape index (κ3) is 3.93. The third-order valence-corrected chi connectivity index (χ3v) is 4.50. The first kappa shape index (κ1) is 14.8. The van der Waals surface area contributed by atoms with Gasteiger partial charge in [-0.25, -0.2) is 0 Å². The van der Waals surface area contributed by atoms with E-state index in [9.17, 15) is 9.90 Å². The molecule has 0 radical (unpaired) electrons. The summed E-state index contributed by atoms with van der Waals surface area (Å²) in [4.78, 5) is 14.4. The predicted molar refractivity (Wildman–Crippen MR) is 75.9 cm³/mol. The van der Waals surface area contributed by atoms with E-state index in [0.29, 0.717) is 5.92 Å². The van der Waals surface area contributed by atoms with Crippen LogP contribution in [-0.2, 0) is 4.79 Å². The topological polar surface area (TPSA) is 52.6 Å². The van der Waals surface area contributed by atoms with Gasteiger partial charge < -0.3 is 15.3 Å². The molecule has 4 heteroatoms. The molecule has 0 bridgehead atoms. The molecule has 0 spiro atoms. The molecule has 2 rings (SSSR count). The van der Waals surface area contributed by atoms with Crippen LogP contribution in [0.1, 0.15) is 51.9 Å². The van der Waals surface area contributed by atoms with Gasteiger partial charge in [0.25, 0.3) is 0 Å². The maximum Gasteiger partial charge on any atom is 0.239 e. The summed E-state index contributed by atoms with van der Waals surface area (Å²) >= 11 is 0. The summed E-state index contributed by atoms with van der Waals surface area (Å²) in [7, 11) is 0. The highest BCUT2D eigenvalue weighted by Crippen LogP contribution is 2.26. The fourth-order valence-electron chi connectivity index (χ4n) is 3.31. The molecular formula is C15H28N2O2. The average Bonchev–Trinajstić information content (AvgIpc) is 2.42. The highest BCUT2D eigenvalue weighted by molar-refractivity contribution is 5.82. The molecule has 1 heterocycles. The number of carbonyl (C=O) groups is 1. The molecular weight excluding hydrogens is 240 g/mol. The molecule has 1 aliphatic carbocycles. The van der Waals surface area contributed by atoms with Gasteiger partial charge in [0.2, 0.25) is 5.91 Å². The molecule has 0 aromatic heterocycles. The molecule has 2 aliphatic rings. The molecule has 2 fully saturated rings. The summed E-state index contributed by atoms with van der Waals surface area (Å²) in [6, 6.07) is 0.00873. The number of amides is 1. The molecule has 1 saturated carbocycles. The normalized spacial score (nSPS) is 32.6. The Kier molecular flexibility index (Phi) is 5.64. The number of nitrogens with zero attached hydrogens (tertiary/aromatic N) is 1. The molecule has 0 aromatic rings. The van der Waals surface area contributed by atoms with E-state index in [1.165, 1.54) is 6.42 Å². The van der Waals surface area contributed by atoms with E-state index in [2.05, 4.69) is 12.2 Å². The second-order valence-corrected chi connectivity index (χ2v) is 6.05. The number of carbonyl (C=O) groups excluding carboxylic acids is 1. The van der Waals surface area contributed by atoms with E-state index in [1.807, 2.05) is 4.90 Å². The number of likely N-dealkylation sites (tertiary alicyclic amines) is 1. The van der Waals surface area contributed by atoms with Gasteiger partial charge in [-0.3, -0.25) is 4.79 Å². The predicted octanol–water partition coefficient (Wildman–Crippen LogP) is 1.53. The number of nitrogens with one attached hydrogen (secondary N) is 1. The maximum atomic E-state index is 12.4. The van der Waals surface area contributed by atoms with Crippen molar-refractivity contribution in [3.8, 4) is 0 Å². The van der Waals surface area contributed by atoms with Crippen molar-refractivity contribution in [2.24, 2.45) is 5.92 Å². The first-order valence-corrected chi connectivity index (χ1v) is 7.92. The molecule has 2 N–H and O–H groups in total. The second kappa shape index (κ2) is 7.25. The highest BCUT2D eigenvalue weighted by atomic mass is 16.3. The molecule has 110 valence electrons.